The Morgan fingerprint density at radius 2 is 1.88 bits per heavy atom. The first-order valence-corrected chi connectivity index (χ1v) is 11.2. The number of nitrogens with two attached hydrogens (primary N) is 1. The third-order valence-electron chi connectivity index (χ3n) is 5.28. The Labute approximate surface area is 193 Å². The van der Waals surface area contributed by atoms with Gasteiger partial charge in [-0.05, 0) is 19.1 Å². The third-order valence-corrected chi connectivity index (χ3v) is 6.22. The van der Waals surface area contributed by atoms with Crippen LogP contribution in [0.2, 0.25) is 0 Å². The van der Waals surface area contributed by atoms with E-state index >= 15 is 0 Å². The van der Waals surface area contributed by atoms with E-state index in [1.54, 1.807) is 13.2 Å². The number of benzene rings is 3. The lowest BCUT2D eigenvalue weighted by molar-refractivity contribution is -0.113. The topological polar surface area (TPSA) is 108 Å². The molecule has 1 amide bonds. The third kappa shape index (κ3) is 3.98. The molecule has 0 bridgehead atoms. The Bertz CT molecular complexity index is 1470. The first-order valence-electron chi connectivity index (χ1n) is 10.2. The number of nitrogens with zero attached hydrogens (tertiary/aromatic N) is 3. The van der Waals surface area contributed by atoms with Crippen LogP contribution in [0, 0.1) is 6.92 Å². The van der Waals surface area contributed by atoms with Crippen molar-refractivity contribution in [2.75, 3.05) is 24.0 Å². The fraction of sp³-hybridized carbons (Fsp3) is 0.125. The Morgan fingerprint density at radius 3 is 2.67 bits per heavy atom. The lowest BCUT2D eigenvalue weighted by Crippen LogP contribution is -2.16. The van der Waals surface area contributed by atoms with Crippen molar-refractivity contribution in [1.29, 1.82) is 0 Å². The van der Waals surface area contributed by atoms with E-state index in [-0.39, 0.29) is 11.7 Å². The van der Waals surface area contributed by atoms with E-state index < -0.39 is 0 Å². The molecule has 2 aromatic heterocycles. The van der Waals surface area contributed by atoms with Crippen LogP contribution in [-0.4, -0.2) is 33.6 Å². The number of rotatable bonds is 6. The molecular formula is C24H21N5O3S. The van der Waals surface area contributed by atoms with Crippen molar-refractivity contribution >= 4 is 45.3 Å². The van der Waals surface area contributed by atoms with E-state index in [1.807, 2.05) is 61.5 Å². The van der Waals surface area contributed by atoms with Gasteiger partial charge in [-0.2, -0.15) is 0 Å². The lowest BCUT2D eigenvalue weighted by atomic mass is 10.1. The fourth-order valence-electron chi connectivity index (χ4n) is 3.61. The molecule has 0 saturated carbocycles. The maximum atomic E-state index is 12.7. The van der Waals surface area contributed by atoms with Gasteiger partial charge in [0.15, 0.2) is 5.82 Å². The number of fused-ring (bicyclic) bond motifs is 3. The van der Waals surface area contributed by atoms with Crippen LogP contribution in [0.4, 0.5) is 5.69 Å². The minimum absolute atomic E-state index is 0.102. The summed E-state index contributed by atoms with van der Waals surface area (Å²) in [7, 11) is 1.57. The van der Waals surface area contributed by atoms with E-state index in [0.717, 1.165) is 27.5 Å². The summed E-state index contributed by atoms with van der Waals surface area (Å²) in [6, 6.07) is 19.3. The summed E-state index contributed by atoms with van der Waals surface area (Å²) in [4.78, 5) is 12.7. The van der Waals surface area contributed by atoms with Gasteiger partial charge in [-0.15, -0.1) is 10.2 Å². The number of methoxy groups -OCH3 is 1. The van der Waals surface area contributed by atoms with Crippen LogP contribution in [-0.2, 0) is 4.79 Å². The van der Waals surface area contributed by atoms with Crippen LogP contribution < -0.4 is 15.9 Å². The average Bonchev–Trinajstić information content (AvgIpc) is 3.37. The predicted octanol–water partition coefficient (Wildman–Crippen LogP) is 4.61. The second kappa shape index (κ2) is 8.51. The van der Waals surface area contributed by atoms with Gasteiger partial charge in [0.25, 0.3) is 0 Å². The molecule has 0 unspecified atom stereocenters. The van der Waals surface area contributed by atoms with Crippen LogP contribution in [0.15, 0.2) is 70.2 Å². The van der Waals surface area contributed by atoms with Gasteiger partial charge >= 0.3 is 0 Å². The van der Waals surface area contributed by atoms with E-state index in [0.29, 0.717) is 28.0 Å². The number of carbonyl (C=O) groups excluding carboxylic acids is 1. The number of para-hydroxylation sites is 1. The molecule has 3 aromatic carbocycles. The van der Waals surface area contributed by atoms with E-state index in [1.165, 1.54) is 16.4 Å². The van der Waals surface area contributed by atoms with Gasteiger partial charge in [0, 0.05) is 22.4 Å². The molecule has 8 nitrogen and oxygen atoms in total. The number of aromatic nitrogens is 3. The van der Waals surface area contributed by atoms with E-state index in [9.17, 15) is 4.79 Å². The molecular weight excluding hydrogens is 438 g/mol. The Balaban J connectivity index is 1.32. The Kier molecular flexibility index (Phi) is 5.39. The summed E-state index contributed by atoms with van der Waals surface area (Å²) >= 11 is 1.20. The average molecular weight is 460 g/mol. The number of aryl methyl sites for hydroxylation is 1. The Hall–Kier alpha value is -3.98. The Morgan fingerprint density at radius 1 is 1.09 bits per heavy atom. The first kappa shape index (κ1) is 20.9. The van der Waals surface area contributed by atoms with Gasteiger partial charge in [0.05, 0.1) is 18.6 Å². The van der Waals surface area contributed by atoms with Crippen LogP contribution in [0.3, 0.4) is 0 Å². The largest absolute Gasteiger partial charge is 0.495 e. The second-order valence-corrected chi connectivity index (χ2v) is 8.47. The quantitative estimate of drug-likeness (QED) is 0.282. The molecule has 0 radical (unpaired) electrons. The zero-order chi connectivity index (χ0) is 22.9. The number of nitrogen functional groups attached to an aromatic ring is 1. The van der Waals surface area contributed by atoms with Gasteiger partial charge < -0.3 is 20.3 Å². The summed E-state index contributed by atoms with van der Waals surface area (Å²) < 4.78 is 12.8. The minimum Gasteiger partial charge on any atom is -0.495 e. The molecule has 0 saturated heterocycles. The summed E-state index contributed by atoms with van der Waals surface area (Å²) in [5, 5.41) is 13.5. The zero-order valence-corrected chi connectivity index (χ0v) is 18.8. The number of thioether (sulfide) groups is 1. The SMILES string of the molecule is COc1cc2c(cc1NC(=O)CSc1nnc(-c3ccc(C)cc3)n1N)oc1ccccc12. The molecule has 2 heterocycles. The van der Waals surface area contributed by atoms with Crippen molar-refractivity contribution < 1.29 is 13.9 Å². The van der Waals surface area contributed by atoms with Crippen molar-refractivity contribution in [1.82, 2.24) is 14.9 Å². The van der Waals surface area contributed by atoms with Crippen molar-refractivity contribution in [3.63, 3.8) is 0 Å². The highest BCUT2D eigenvalue weighted by molar-refractivity contribution is 7.99. The number of furan rings is 1. The maximum Gasteiger partial charge on any atom is 0.234 e. The predicted molar refractivity (Wildman–Crippen MR) is 130 cm³/mol. The molecule has 9 heteroatoms. The van der Waals surface area contributed by atoms with Crippen molar-refractivity contribution in [2.24, 2.45) is 0 Å². The number of hydrogen-bond donors (Lipinski definition) is 2. The molecule has 33 heavy (non-hydrogen) atoms. The van der Waals surface area contributed by atoms with Gasteiger partial charge in [-0.1, -0.05) is 59.8 Å². The molecule has 0 fully saturated rings. The van der Waals surface area contributed by atoms with Gasteiger partial charge in [-0.25, -0.2) is 4.68 Å². The number of hydrogen-bond acceptors (Lipinski definition) is 7. The van der Waals surface area contributed by atoms with Crippen LogP contribution in [0.1, 0.15) is 5.56 Å². The van der Waals surface area contributed by atoms with Crippen molar-refractivity contribution in [2.45, 2.75) is 12.1 Å². The normalized spacial score (nSPS) is 11.2. The van der Waals surface area contributed by atoms with Gasteiger partial charge in [-0.3, -0.25) is 4.79 Å². The lowest BCUT2D eigenvalue weighted by Gasteiger charge is -2.10. The van der Waals surface area contributed by atoms with Gasteiger partial charge in [0.1, 0.15) is 16.9 Å². The first-order chi connectivity index (χ1) is 16.0. The highest BCUT2D eigenvalue weighted by Gasteiger charge is 2.16. The molecule has 0 aliphatic heterocycles. The summed E-state index contributed by atoms with van der Waals surface area (Å²) in [5.74, 6) is 7.13. The zero-order valence-electron chi connectivity index (χ0n) is 18.0. The number of carbonyl (C=O) groups is 1. The van der Waals surface area contributed by atoms with Gasteiger partial charge in [0.2, 0.25) is 11.1 Å². The smallest absolute Gasteiger partial charge is 0.234 e. The molecule has 166 valence electrons. The monoisotopic (exact) mass is 459 g/mol. The molecule has 0 spiro atoms. The molecule has 3 N–H and O–H groups in total. The van der Waals surface area contributed by atoms with Crippen LogP contribution >= 0.6 is 11.8 Å². The van der Waals surface area contributed by atoms with Crippen molar-refractivity contribution in [3.05, 3.63) is 66.2 Å². The second-order valence-electron chi connectivity index (χ2n) is 7.53. The molecule has 5 aromatic rings. The number of ether oxygens (including phenoxy) is 1. The molecule has 0 atom stereocenters. The molecule has 0 aliphatic rings. The molecule has 0 aliphatic carbocycles. The molecule has 5 rings (SSSR count). The number of amides is 1. The van der Waals surface area contributed by atoms with Crippen molar-refractivity contribution in [3.8, 4) is 17.1 Å². The number of anilines is 1. The highest BCUT2D eigenvalue weighted by atomic mass is 32.2. The number of nitrogens with one attached hydrogen (secondary N) is 1. The minimum atomic E-state index is -0.228. The fourth-order valence-corrected chi connectivity index (χ4v) is 4.27. The van der Waals surface area contributed by atoms with Crippen LogP contribution in [0.25, 0.3) is 33.3 Å². The standard InChI is InChI=1S/C24H21N5O3S/c1-14-7-9-15(10-8-14)23-27-28-24(29(23)25)33-13-22(30)26-18-12-20-17(11-21(18)31-2)16-5-3-4-6-19(16)32-20/h3-12H,13,25H2,1-2H3,(H,26,30). The van der Waals surface area contributed by atoms with Crippen LogP contribution in [0.5, 0.6) is 5.75 Å². The van der Waals surface area contributed by atoms with E-state index in [2.05, 4.69) is 15.5 Å². The van der Waals surface area contributed by atoms with E-state index in [4.69, 9.17) is 15.0 Å². The maximum absolute atomic E-state index is 12.7. The summed E-state index contributed by atoms with van der Waals surface area (Å²) in [6.07, 6.45) is 0. The highest BCUT2D eigenvalue weighted by Crippen LogP contribution is 2.36. The summed E-state index contributed by atoms with van der Waals surface area (Å²) in [6.45, 7) is 2.01. The summed E-state index contributed by atoms with van der Waals surface area (Å²) in [5.41, 5.74) is 3.98.